The van der Waals surface area contributed by atoms with E-state index in [1.165, 1.54) is 0 Å². The van der Waals surface area contributed by atoms with Crippen LogP contribution in [0.25, 0.3) is 44.8 Å². The molecule has 0 aliphatic rings. The number of aromatic amines is 2. The van der Waals surface area contributed by atoms with Gasteiger partial charge < -0.3 is 15.3 Å². The highest BCUT2D eigenvalue weighted by molar-refractivity contribution is 5.80. The molecule has 0 unspecified atom stereocenters. The minimum atomic E-state index is 0.878. The Kier molecular flexibility index (Phi) is 4.03. The summed E-state index contributed by atoms with van der Waals surface area (Å²) in [5, 5.41) is 3.45. The molecule has 2 aromatic heterocycles. The average Bonchev–Trinajstić information content (AvgIpc) is 3.44. The zero-order valence-corrected chi connectivity index (χ0v) is 16.6. The summed E-state index contributed by atoms with van der Waals surface area (Å²) in [6.07, 6.45) is 0. The molecule has 2 heterocycles. The third-order valence-corrected chi connectivity index (χ3v) is 5.38. The fourth-order valence-corrected chi connectivity index (χ4v) is 3.77. The maximum Gasteiger partial charge on any atom is 0.138 e. The second kappa shape index (κ2) is 7.15. The van der Waals surface area contributed by atoms with E-state index >= 15 is 0 Å². The van der Waals surface area contributed by atoms with Crippen molar-refractivity contribution in [2.45, 2.75) is 0 Å². The van der Waals surface area contributed by atoms with Crippen molar-refractivity contribution in [3.05, 3.63) is 97.1 Å². The maximum atomic E-state index is 4.67. The summed E-state index contributed by atoms with van der Waals surface area (Å²) in [7, 11) is 0. The van der Waals surface area contributed by atoms with Gasteiger partial charge in [-0.2, -0.15) is 0 Å². The smallest absolute Gasteiger partial charge is 0.138 e. The molecule has 0 saturated heterocycles. The van der Waals surface area contributed by atoms with Gasteiger partial charge in [0.2, 0.25) is 0 Å². The Morgan fingerprint density at radius 3 is 1.32 bits per heavy atom. The van der Waals surface area contributed by atoms with Crippen LogP contribution in [-0.2, 0) is 0 Å². The summed E-state index contributed by atoms with van der Waals surface area (Å²) in [6.45, 7) is 0. The third kappa shape index (κ3) is 3.32. The van der Waals surface area contributed by atoms with E-state index in [0.29, 0.717) is 0 Å². The van der Waals surface area contributed by atoms with E-state index in [1.807, 2.05) is 48.5 Å². The average molecular weight is 401 g/mol. The second-order valence-electron chi connectivity index (χ2n) is 7.48. The van der Waals surface area contributed by atoms with E-state index in [-0.39, 0.29) is 0 Å². The van der Waals surface area contributed by atoms with Crippen LogP contribution in [0.5, 0.6) is 0 Å². The molecule has 31 heavy (non-hydrogen) atoms. The number of anilines is 2. The van der Waals surface area contributed by atoms with E-state index < -0.39 is 0 Å². The fourth-order valence-electron chi connectivity index (χ4n) is 3.77. The van der Waals surface area contributed by atoms with Gasteiger partial charge in [0.25, 0.3) is 0 Å². The molecular formula is C26H19N5. The first-order valence-electron chi connectivity index (χ1n) is 10.2. The van der Waals surface area contributed by atoms with Crippen molar-refractivity contribution in [3.8, 4) is 22.8 Å². The fraction of sp³-hybridized carbons (Fsp3) is 0. The number of fused-ring (bicyclic) bond motifs is 2. The minimum Gasteiger partial charge on any atom is -0.356 e. The van der Waals surface area contributed by atoms with Gasteiger partial charge >= 0.3 is 0 Å². The van der Waals surface area contributed by atoms with E-state index in [1.54, 1.807) is 0 Å². The quantitative estimate of drug-likeness (QED) is 0.315. The molecule has 0 aliphatic carbocycles. The molecule has 0 fully saturated rings. The number of nitrogens with one attached hydrogen (secondary N) is 3. The number of H-pyrrole nitrogens is 2. The summed E-state index contributed by atoms with van der Waals surface area (Å²) < 4.78 is 0. The SMILES string of the molecule is c1ccc2[nH]c(-c3ccc(Nc4ccc(-c5nc6ccccc6[nH]5)cc4)cc3)nc2c1. The van der Waals surface area contributed by atoms with Crippen molar-refractivity contribution in [1.29, 1.82) is 0 Å². The summed E-state index contributed by atoms with van der Waals surface area (Å²) in [5.74, 6) is 1.76. The predicted octanol–water partition coefficient (Wildman–Crippen LogP) is 6.52. The summed E-state index contributed by atoms with van der Waals surface area (Å²) >= 11 is 0. The Balaban J connectivity index is 1.20. The second-order valence-corrected chi connectivity index (χ2v) is 7.48. The van der Waals surface area contributed by atoms with E-state index in [2.05, 4.69) is 73.8 Å². The first kappa shape index (κ1) is 17.5. The minimum absolute atomic E-state index is 0.878. The van der Waals surface area contributed by atoms with Crippen molar-refractivity contribution in [2.75, 3.05) is 5.32 Å². The Bertz CT molecular complexity index is 1310. The monoisotopic (exact) mass is 401 g/mol. The molecule has 0 bridgehead atoms. The predicted molar refractivity (Wildman–Crippen MR) is 126 cm³/mol. The summed E-state index contributed by atoms with van der Waals surface area (Å²) in [5.41, 5.74) is 8.21. The number of para-hydroxylation sites is 4. The molecule has 0 amide bonds. The lowest BCUT2D eigenvalue weighted by molar-refractivity contribution is 1.33. The molecule has 4 aromatic carbocycles. The van der Waals surface area contributed by atoms with Crippen LogP contribution in [0.15, 0.2) is 97.1 Å². The first-order chi connectivity index (χ1) is 15.3. The van der Waals surface area contributed by atoms with E-state index in [0.717, 1.165) is 56.2 Å². The third-order valence-electron chi connectivity index (χ3n) is 5.38. The lowest BCUT2D eigenvalue weighted by Gasteiger charge is -2.08. The van der Waals surface area contributed by atoms with Crippen LogP contribution in [0.2, 0.25) is 0 Å². The number of hydrogen-bond acceptors (Lipinski definition) is 3. The Morgan fingerprint density at radius 2 is 0.903 bits per heavy atom. The highest BCUT2D eigenvalue weighted by Crippen LogP contribution is 2.26. The Morgan fingerprint density at radius 1 is 0.484 bits per heavy atom. The molecule has 3 N–H and O–H groups in total. The molecule has 0 saturated carbocycles. The van der Waals surface area contributed by atoms with Gasteiger partial charge in [0.15, 0.2) is 0 Å². The summed E-state index contributed by atoms with van der Waals surface area (Å²) in [4.78, 5) is 16.1. The van der Waals surface area contributed by atoms with E-state index in [4.69, 9.17) is 0 Å². The van der Waals surface area contributed by atoms with Crippen molar-refractivity contribution in [2.24, 2.45) is 0 Å². The topological polar surface area (TPSA) is 69.4 Å². The molecule has 5 heteroatoms. The van der Waals surface area contributed by atoms with Crippen LogP contribution < -0.4 is 5.32 Å². The standard InChI is InChI=1S/C26H19N5/c1-2-6-22-21(5-1)28-25(29-22)17-9-13-19(14-10-17)27-20-15-11-18(12-16-20)26-30-23-7-3-4-8-24(23)31-26/h1-16,27H,(H,28,29)(H,30,31). The molecule has 0 spiro atoms. The number of imidazole rings is 2. The zero-order chi connectivity index (χ0) is 20.6. The van der Waals surface area contributed by atoms with Crippen molar-refractivity contribution in [3.63, 3.8) is 0 Å². The molecular weight excluding hydrogens is 382 g/mol. The van der Waals surface area contributed by atoms with Crippen LogP contribution >= 0.6 is 0 Å². The zero-order valence-electron chi connectivity index (χ0n) is 16.6. The number of nitrogens with zero attached hydrogens (tertiary/aromatic N) is 2. The largest absolute Gasteiger partial charge is 0.356 e. The molecule has 6 rings (SSSR count). The molecule has 5 nitrogen and oxygen atoms in total. The van der Waals surface area contributed by atoms with Crippen LogP contribution in [0.3, 0.4) is 0 Å². The van der Waals surface area contributed by atoms with Gasteiger partial charge in [0, 0.05) is 22.5 Å². The van der Waals surface area contributed by atoms with Crippen LogP contribution in [0, 0.1) is 0 Å². The van der Waals surface area contributed by atoms with Gasteiger partial charge in [0.1, 0.15) is 11.6 Å². The van der Waals surface area contributed by atoms with E-state index in [9.17, 15) is 0 Å². The first-order valence-corrected chi connectivity index (χ1v) is 10.2. The van der Waals surface area contributed by atoms with Gasteiger partial charge in [-0.1, -0.05) is 24.3 Å². The van der Waals surface area contributed by atoms with Gasteiger partial charge in [-0.15, -0.1) is 0 Å². The van der Waals surface area contributed by atoms with Crippen molar-refractivity contribution in [1.82, 2.24) is 19.9 Å². The molecule has 0 atom stereocenters. The molecule has 6 aromatic rings. The number of benzene rings is 4. The highest BCUT2D eigenvalue weighted by atomic mass is 14.9. The summed E-state index contributed by atoms with van der Waals surface area (Å²) in [6, 6.07) is 32.7. The van der Waals surface area contributed by atoms with Crippen LogP contribution in [0.4, 0.5) is 11.4 Å². The van der Waals surface area contributed by atoms with Gasteiger partial charge in [-0.05, 0) is 72.8 Å². The Hall–Kier alpha value is -4.38. The maximum absolute atomic E-state index is 4.67. The molecule has 0 aliphatic heterocycles. The van der Waals surface area contributed by atoms with Gasteiger partial charge in [0.05, 0.1) is 22.1 Å². The molecule has 0 radical (unpaired) electrons. The normalized spacial score (nSPS) is 11.2. The van der Waals surface area contributed by atoms with Gasteiger partial charge in [-0.3, -0.25) is 0 Å². The number of aromatic nitrogens is 4. The van der Waals surface area contributed by atoms with Gasteiger partial charge in [-0.25, -0.2) is 9.97 Å². The number of rotatable bonds is 4. The molecule has 148 valence electrons. The van der Waals surface area contributed by atoms with Crippen LogP contribution in [0.1, 0.15) is 0 Å². The van der Waals surface area contributed by atoms with Crippen LogP contribution in [-0.4, -0.2) is 19.9 Å². The number of hydrogen-bond donors (Lipinski definition) is 3. The highest BCUT2D eigenvalue weighted by Gasteiger charge is 2.06. The lowest BCUT2D eigenvalue weighted by Crippen LogP contribution is -1.91. The lowest BCUT2D eigenvalue weighted by atomic mass is 10.1. The van der Waals surface area contributed by atoms with Crippen molar-refractivity contribution < 1.29 is 0 Å². The Labute approximate surface area is 178 Å². The van der Waals surface area contributed by atoms with Crippen molar-refractivity contribution >= 4 is 33.4 Å².